The first kappa shape index (κ1) is 19.3. The second-order valence-corrected chi connectivity index (χ2v) is 9.35. The Hall–Kier alpha value is -3.01. The van der Waals surface area contributed by atoms with Crippen LogP contribution in [0.1, 0.15) is 25.2 Å². The van der Waals surface area contributed by atoms with E-state index in [9.17, 15) is 18.0 Å². The van der Waals surface area contributed by atoms with E-state index in [1.807, 2.05) is 12.1 Å². The molecule has 0 saturated carbocycles. The highest BCUT2D eigenvalue weighted by atomic mass is 32.2. The molecule has 2 aliphatic rings. The van der Waals surface area contributed by atoms with E-state index in [0.29, 0.717) is 23.7 Å². The first-order chi connectivity index (χ1) is 13.8. The third kappa shape index (κ3) is 4.21. The van der Waals surface area contributed by atoms with Crippen LogP contribution in [0.4, 0.5) is 5.69 Å². The SMILES string of the molecule is Cc1nc(-c2ccc(NC(=O)C3=NN(C4CCS(=O)(=O)C4)C(=O)CC3)cc2)co1. The van der Waals surface area contributed by atoms with E-state index in [1.54, 1.807) is 25.3 Å². The van der Waals surface area contributed by atoms with Gasteiger partial charge in [0.25, 0.3) is 5.91 Å². The van der Waals surface area contributed by atoms with E-state index in [-0.39, 0.29) is 36.0 Å². The van der Waals surface area contributed by atoms with Gasteiger partial charge >= 0.3 is 0 Å². The van der Waals surface area contributed by atoms with E-state index >= 15 is 0 Å². The van der Waals surface area contributed by atoms with Crippen LogP contribution in [0.15, 0.2) is 40.0 Å². The van der Waals surface area contributed by atoms with E-state index in [0.717, 1.165) is 5.56 Å². The molecule has 152 valence electrons. The highest BCUT2D eigenvalue weighted by Gasteiger charge is 2.37. The van der Waals surface area contributed by atoms with Crippen LogP contribution in [0.25, 0.3) is 11.3 Å². The van der Waals surface area contributed by atoms with Gasteiger partial charge in [-0.1, -0.05) is 12.1 Å². The summed E-state index contributed by atoms with van der Waals surface area (Å²) < 4.78 is 28.6. The van der Waals surface area contributed by atoms with Crippen LogP contribution in [-0.2, 0) is 19.4 Å². The van der Waals surface area contributed by atoms with Gasteiger partial charge in [0, 0.05) is 31.0 Å². The van der Waals surface area contributed by atoms with Gasteiger partial charge < -0.3 is 9.73 Å². The zero-order chi connectivity index (χ0) is 20.6. The first-order valence-corrected chi connectivity index (χ1v) is 11.1. The minimum Gasteiger partial charge on any atom is -0.449 e. The van der Waals surface area contributed by atoms with Crippen molar-refractivity contribution in [1.29, 1.82) is 0 Å². The normalized spacial score (nSPS) is 21.1. The fourth-order valence-corrected chi connectivity index (χ4v) is 5.10. The maximum atomic E-state index is 12.6. The molecule has 2 aliphatic heterocycles. The number of carbonyl (C=O) groups is 2. The van der Waals surface area contributed by atoms with Gasteiger partial charge in [-0.3, -0.25) is 9.59 Å². The Balaban J connectivity index is 1.46. The van der Waals surface area contributed by atoms with Crippen LogP contribution < -0.4 is 5.32 Å². The van der Waals surface area contributed by atoms with E-state index in [1.165, 1.54) is 5.01 Å². The molecule has 0 radical (unpaired) electrons. The van der Waals surface area contributed by atoms with Crippen molar-refractivity contribution < 1.29 is 22.4 Å². The minimum absolute atomic E-state index is 0.0376. The molecule has 1 aromatic heterocycles. The molecule has 1 fully saturated rings. The fourth-order valence-electron chi connectivity index (χ4n) is 3.41. The van der Waals surface area contributed by atoms with Crippen molar-refractivity contribution >= 4 is 33.1 Å². The quantitative estimate of drug-likeness (QED) is 0.810. The van der Waals surface area contributed by atoms with Crippen molar-refractivity contribution in [2.75, 3.05) is 16.8 Å². The van der Waals surface area contributed by atoms with E-state index < -0.39 is 21.8 Å². The van der Waals surface area contributed by atoms with Crippen molar-refractivity contribution in [2.24, 2.45) is 5.10 Å². The number of rotatable bonds is 4. The number of hydrogen-bond acceptors (Lipinski definition) is 7. The molecule has 2 aromatic rings. The van der Waals surface area contributed by atoms with Gasteiger partial charge in [0.2, 0.25) is 5.91 Å². The van der Waals surface area contributed by atoms with Gasteiger partial charge in [-0.25, -0.2) is 18.4 Å². The highest BCUT2D eigenvalue weighted by Crippen LogP contribution is 2.23. The summed E-state index contributed by atoms with van der Waals surface area (Å²) in [7, 11) is -3.16. The van der Waals surface area contributed by atoms with Gasteiger partial charge in [-0.15, -0.1) is 0 Å². The molecule has 4 rings (SSSR count). The Kier molecular flexibility index (Phi) is 4.95. The summed E-state index contributed by atoms with van der Waals surface area (Å²) in [5, 5.41) is 8.12. The number of carbonyl (C=O) groups excluding carboxylic acids is 2. The molecule has 0 bridgehead atoms. The number of nitrogens with zero attached hydrogens (tertiary/aromatic N) is 3. The average Bonchev–Trinajstić information content (AvgIpc) is 3.28. The Morgan fingerprint density at radius 3 is 2.62 bits per heavy atom. The number of amides is 2. The lowest BCUT2D eigenvalue weighted by Gasteiger charge is -2.27. The lowest BCUT2D eigenvalue weighted by atomic mass is 10.1. The Bertz CT molecular complexity index is 1090. The molecule has 0 aliphatic carbocycles. The Morgan fingerprint density at radius 2 is 2.00 bits per heavy atom. The first-order valence-electron chi connectivity index (χ1n) is 9.25. The minimum atomic E-state index is -3.16. The predicted molar refractivity (Wildman–Crippen MR) is 106 cm³/mol. The van der Waals surface area contributed by atoms with Crippen molar-refractivity contribution in [2.45, 2.75) is 32.2 Å². The standard InChI is InChI=1S/C19H20N4O5S/c1-12-20-17(10-28-12)13-2-4-14(5-3-13)21-19(25)16-6-7-18(24)23(22-16)15-8-9-29(26,27)11-15/h2-5,10,15H,6-9,11H2,1H3,(H,21,25). The Labute approximate surface area is 167 Å². The summed E-state index contributed by atoms with van der Waals surface area (Å²) in [4.78, 5) is 29.0. The third-order valence-corrected chi connectivity index (χ3v) is 6.68. The molecular weight excluding hydrogens is 396 g/mol. The molecule has 1 atom stereocenters. The molecule has 1 saturated heterocycles. The third-order valence-electron chi connectivity index (χ3n) is 4.93. The average molecular weight is 416 g/mol. The van der Waals surface area contributed by atoms with E-state index in [2.05, 4.69) is 15.4 Å². The highest BCUT2D eigenvalue weighted by molar-refractivity contribution is 7.91. The topological polar surface area (TPSA) is 122 Å². The lowest BCUT2D eigenvalue weighted by molar-refractivity contribution is -0.133. The van der Waals surface area contributed by atoms with E-state index in [4.69, 9.17) is 4.42 Å². The smallest absolute Gasteiger partial charge is 0.271 e. The second-order valence-electron chi connectivity index (χ2n) is 7.13. The molecular formula is C19H20N4O5S. The van der Waals surface area contributed by atoms with Crippen LogP contribution in [0.5, 0.6) is 0 Å². The molecule has 1 aromatic carbocycles. The number of benzene rings is 1. The lowest BCUT2D eigenvalue weighted by Crippen LogP contribution is -2.42. The summed E-state index contributed by atoms with van der Waals surface area (Å²) in [6.07, 6.45) is 2.26. The van der Waals surface area contributed by atoms with Crippen LogP contribution in [0.3, 0.4) is 0 Å². The predicted octanol–water partition coefficient (Wildman–Crippen LogP) is 1.75. The number of aryl methyl sites for hydroxylation is 1. The number of hydrazone groups is 1. The molecule has 3 heterocycles. The van der Waals surface area contributed by atoms with Crippen molar-refractivity contribution in [3.63, 3.8) is 0 Å². The molecule has 10 heteroatoms. The number of hydrogen-bond donors (Lipinski definition) is 1. The Morgan fingerprint density at radius 1 is 1.24 bits per heavy atom. The van der Waals surface area contributed by atoms with Gasteiger partial charge in [0.05, 0.1) is 17.5 Å². The van der Waals surface area contributed by atoms with Crippen molar-refractivity contribution in [1.82, 2.24) is 9.99 Å². The van der Waals surface area contributed by atoms with Crippen molar-refractivity contribution in [3.8, 4) is 11.3 Å². The van der Waals surface area contributed by atoms with Crippen LogP contribution in [0.2, 0.25) is 0 Å². The summed E-state index contributed by atoms with van der Waals surface area (Å²) in [6, 6.07) is 6.62. The van der Waals surface area contributed by atoms with Crippen molar-refractivity contribution in [3.05, 3.63) is 36.4 Å². The zero-order valence-corrected chi connectivity index (χ0v) is 16.6. The number of aromatic nitrogens is 1. The maximum Gasteiger partial charge on any atom is 0.271 e. The van der Waals surface area contributed by atoms with Gasteiger partial charge in [-0.05, 0) is 18.6 Å². The summed E-state index contributed by atoms with van der Waals surface area (Å²) in [6.45, 7) is 1.76. The second kappa shape index (κ2) is 7.43. The number of sulfone groups is 1. The van der Waals surface area contributed by atoms with Crippen LogP contribution in [0, 0.1) is 6.92 Å². The molecule has 9 nitrogen and oxygen atoms in total. The summed E-state index contributed by atoms with van der Waals surface area (Å²) >= 11 is 0. The monoisotopic (exact) mass is 416 g/mol. The summed E-state index contributed by atoms with van der Waals surface area (Å²) in [5.74, 6) is -0.165. The molecule has 2 amide bonds. The van der Waals surface area contributed by atoms with Gasteiger partial charge in [-0.2, -0.15) is 5.10 Å². The van der Waals surface area contributed by atoms with Crippen LogP contribution in [-0.4, -0.2) is 53.5 Å². The number of oxazole rings is 1. The van der Waals surface area contributed by atoms with Gasteiger partial charge in [0.1, 0.15) is 17.7 Å². The molecule has 1 N–H and O–H groups in total. The number of anilines is 1. The fraction of sp³-hybridized carbons (Fsp3) is 0.368. The molecule has 1 unspecified atom stereocenters. The maximum absolute atomic E-state index is 12.6. The van der Waals surface area contributed by atoms with Crippen LogP contribution >= 0.6 is 0 Å². The summed E-state index contributed by atoms with van der Waals surface area (Å²) in [5.41, 5.74) is 2.35. The molecule has 0 spiro atoms. The molecule has 29 heavy (non-hydrogen) atoms. The van der Waals surface area contributed by atoms with Gasteiger partial charge in [0.15, 0.2) is 15.7 Å². The number of nitrogens with one attached hydrogen (secondary N) is 1. The zero-order valence-electron chi connectivity index (χ0n) is 15.8. The largest absolute Gasteiger partial charge is 0.449 e.